The molecule has 0 radical (unpaired) electrons. The van der Waals surface area contributed by atoms with Crippen molar-refractivity contribution in [3.05, 3.63) is 33.8 Å². The number of nitriles is 1. The van der Waals surface area contributed by atoms with Crippen molar-refractivity contribution in [3.8, 4) is 17.7 Å². The van der Waals surface area contributed by atoms with Gasteiger partial charge in [0.25, 0.3) is 0 Å². The van der Waals surface area contributed by atoms with Crippen LogP contribution < -0.4 is 16.2 Å². The van der Waals surface area contributed by atoms with Gasteiger partial charge in [0.05, 0.1) is 11.6 Å². The van der Waals surface area contributed by atoms with Crippen molar-refractivity contribution in [2.45, 2.75) is 13.8 Å². The van der Waals surface area contributed by atoms with Gasteiger partial charge in [-0.3, -0.25) is 0 Å². The molecule has 0 amide bonds. The number of nitrogens with two attached hydrogens (primary N) is 2. The Morgan fingerprint density at radius 1 is 1.20 bits per heavy atom. The maximum atomic E-state index is 8.92. The zero-order valence-electron chi connectivity index (χ0n) is 10.9. The maximum Gasteiger partial charge on any atom is 0.245 e. The Kier molecular flexibility index (Phi) is 3.63. The summed E-state index contributed by atoms with van der Waals surface area (Å²) in [6, 6.07) is 5.51. The molecule has 0 spiro atoms. The standard InChI is InChI=1S/C13H12ClN5O/c1-6-3-8(5-15)4-7(2)10(6)20-12-9(14)11(16)18-13(17)19-12/h3-4H,1-2H3,(H4,16,17,18,19). The number of anilines is 2. The van der Waals surface area contributed by atoms with Gasteiger partial charge >= 0.3 is 0 Å². The molecule has 0 aliphatic heterocycles. The molecule has 6 nitrogen and oxygen atoms in total. The van der Waals surface area contributed by atoms with Crippen LogP contribution in [-0.4, -0.2) is 9.97 Å². The Morgan fingerprint density at radius 2 is 1.80 bits per heavy atom. The summed E-state index contributed by atoms with van der Waals surface area (Å²) in [7, 11) is 0. The quantitative estimate of drug-likeness (QED) is 0.879. The second-order valence-corrected chi connectivity index (χ2v) is 4.62. The van der Waals surface area contributed by atoms with Gasteiger partial charge in [-0.1, -0.05) is 11.6 Å². The van der Waals surface area contributed by atoms with Crippen molar-refractivity contribution in [1.29, 1.82) is 5.26 Å². The van der Waals surface area contributed by atoms with Crippen molar-refractivity contribution in [2.75, 3.05) is 11.5 Å². The van der Waals surface area contributed by atoms with E-state index in [9.17, 15) is 0 Å². The Balaban J connectivity index is 2.49. The van der Waals surface area contributed by atoms with Gasteiger partial charge in [0.2, 0.25) is 11.8 Å². The summed E-state index contributed by atoms with van der Waals surface area (Å²) in [6.07, 6.45) is 0. The van der Waals surface area contributed by atoms with Crippen LogP contribution in [0.3, 0.4) is 0 Å². The van der Waals surface area contributed by atoms with Gasteiger partial charge in [0.1, 0.15) is 10.8 Å². The van der Waals surface area contributed by atoms with Gasteiger partial charge in [-0.2, -0.15) is 15.2 Å². The summed E-state index contributed by atoms with van der Waals surface area (Å²) in [6.45, 7) is 3.65. The van der Waals surface area contributed by atoms with Crippen molar-refractivity contribution in [2.24, 2.45) is 0 Å². The van der Waals surface area contributed by atoms with Crippen LogP contribution in [0.2, 0.25) is 5.02 Å². The van der Waals surface area contributed by atoms with Gasteiger partial charge in [0, 0.05) is 0 Å². The number of aromatic nitrogens is 2. The lowest BCUT2D eigenvalue weighted by Gasteiger charge is -2.13. The zero-order chi connectivity index (χ0) is 14.9. The molecule has 1 heterocycles. The fourth-order valence-electron chi connectivity index (χ4n) is 1.80. The van der Waals surface area contributed by atoms with E-state index in [1.54, 1.807) is 12.1 Å². The summed E-state index contributed by atoms with van der Waals surface area (Å²) < 4.78 is 5.68. The van der Waals surface area contributed by atoms with Crippen LogP contribution in [-0.2, 0) is 0 Å². The summed E-state index contributed by atoms with van der Waals surface area (Å²) in [5.41, 5.74) is 13.3. The second kappa shape index (κ2) is 5.23. The molecule has 4 N–H and O–H groups in total. The summed E-state index contributed by atoms with van der Waals surface area (Å²) in [4.78, 5) is 7.66. The van der Waals surface area contributed by atoms with E-state index in [0.717, 1.165) is 11.1 Å². The highest BCUT2D eigenvalue weighted by atomic mass is 35.5. The molecule has 2 rings (SSSR count). The monoisotopic (exact) mass is 289 g/mol. The van der Waals surface area contributed by atoms with Crippen LogP contribution in [0.1, 0.15) is 16.7 Å². The fraction of sp³-hybridized carbons (Fsp3) is 0.154. The number of hydrogen-bond donors (Lipinski definition) is 2. The molecule has 7 heteroatoms. The number of benzene rings is 1. The zero-order valence-corrected chi connectivity index (χ0v) is 11.7. The highest BCUT2D eigenvalue weighted by Gasteiger charge is 2.14. The van der Waals surface area contributed by atoms with E-state index >= 15 is 0 Å². The Labute approximate surface area is 121 Å². The molecular formula is C13H12ClN5O. The normalized spacial score (nSPS) is 10.1. The number of aryl methyl sites for hydroxylation is 2. The molecule has 0 saturated heterocycles. The summed E-state index contributed by atoms with van der Waals surface area (Å²) >= 11 is 6.00. The summed E-state index contributed by atoms with van der Waals surface area (Å²) in [5, 5.41) is 9.02. The first-order valence-corrected chi connectivity index (χ1v) is 6.08. The van der Waals surface area contributed by atoms with Gasteiger partial charge in [-0.05, 0) is 37.1 Å². The van der Waals surface area contributed by atoms with Crippen LogP contribution >= 0.6 is 11.6 Å². The van der Waals surface area contributed by atoms with Crippen molar-refractivity contribution < 1.29 is 4.74 Å². The molecule has 1 aromatic heterocycles. The van der Waals surface area contributed by atoms with E-state index in [1.807, 2.05) is 13.8 Å². The SMILES string of the molecule is Cc1cc(C#N)cc(C)c1Oc1nc(N)nc(N)c1Cl. The van der Waals surface area contributed by atoms with Gasteiger partial charge in [-0.25, -0.2) is 0 Å². The molecule has 1 aromatic carbocycles. The Hall–Kier alpha value is -2.52. The predicted molar refractivity (Wildman–Crippen MR) is 76.6 cm³/mol. The largest absolute Gasteiger partial charge is 0.437 e. The average Bonchev–Trinajstić information content (AvgIpc) is 2.38. The van der Waals surface area contributed by atoms with Crippen LogP contribution in [0.4, 0.5) is 11.8 Å². The van der Waals surface area contributed by atoms with E-state index in [2.05, 4.69) is 16.0 Å². The Morgan fingerprint density at radius 3 is 2.35 bits per heavy atom. The van der Waals surface area contributed by atoms with E-state index < -0.39 is 0 Å². The highest BCUT2D eigenvalue weighted by molar-refractivity contribution is 6.34. The molecule has 20 heavy (non-hydrogen) atoms. The third-order valence-corrected chi connectivity index (χ3v) is 3.01. The van der Waals surface area contributed by atoms with E-state index in [4.69, 9.17) is 33.1 Å². The van der Waals surface area contributed by atoms with Gasteiger partial charge < -0.3 is 16.2 Å². The average molecular weight is 290 g/mol. The minimum Gasteiger partial charge on any atom is -0.437 e. The molecule has 0 saturated carbocycles. The van der Waals surface area contributed by atoms with E-state index in [1.165, 1.54) is 0 Å². The number of halogens is 1. The molecule has 0 bridgehead atoms. The predicted octanol–water partition coefficient (Wildman–Crippen LogP) is 2.58. The third-order valence-electron chi connectivity index (χ3n) is 2.65. The number of rotatable bonds is 2. The third kappa shape index (κ3) is 2.58. The number of ether oxygens (including phenoxy) is 1. The summed E-state index contributed by atoms with van der Waals surface area (Å²) in [5.74, 6) is 0.681. The van der Waals surface area contributed by atoms with Crippen molar-refractivity contribution >= 4 is 23.4 Å². The minimum atomic E-state index is -0.0224. The number of nitrogens with zero attached hydrogens (tertiary/aromatic N) is 3. The maximum absolute atomic E-state index is 8.92. The molecule has 0 unspecified atom stereocenters. The van der Waals surface area contributed by atoms with Crippen LogP contribution in [0.15, 0.2) is 12.1 Å². The molecule has 0 atom stereocenters. The van der Waals surface area contributed by atoms with Crippen LogP contribution in [0.25, 0.3) is 0 Å². The van der Waals surface area contributed by atoms with Gasteiger partial charge in [-0.15, -0.1) is 0 Å². The first-order chi connectivity index (χ1) is 9.42. The lowest BCUT2D eigenvalue weighted by molar-refractivity contribution is 0.456. The van der Waals surface area contributed by atoms with E-state index in [-0.39, 0.29) is 22.7 Å². The molecule has 2 aromatic rings. The molecule has 0 aliphatic carbocycles. The van der Waals surface area contributed by atoms with Crippen molar-refractivity contribution in [1.82, 2.24) is 9.97 Å². The molecule has 0 aliphatic rings. The molecular weight excluding hydrogens is 278 g/mol. The Bertz CT molecular complexity index is 700. The first-order valence-electron chi connectivity index (χ1n) is 5.70. The van der Waals surface area contributed by atoms with E-state index in [0.29, 0.717) is 11.3 Å². The number of hydrogen-bond acceptors (Lipinski definition) is 6. The highest BCUT2D eigenvalue weighted by Crippen LogP contribution is 2.34. The molecule has 0 fully saturated rings. The molecule has 102 valence electrons. The van der Waals surface area contributed by atoms with Crippen LogP contribution in [0, 0.1) is 25.2 Å². The lowest BCUT2D eigenvalue weighted by atomic mass is 10.1. The fourth-order valence-corrected chi connectivity index (χ4v) is 1.92. The lowest BCUT2D eigenvalue weighted by Crippen LogP contribution is -2.03. The topological polar surface area (TPSA) is 111 Å². The number of nitrogen functional groups attached to an aromatic ring is 2. The second-order valence-electron chi connectivity index (χ2n) is 4.24. The van der Waals surface area contributed by atoms with Crippen molar-refractivity contribution in [3.63, 3.8) is 0 Å². The smallest absolute Gasteiger partial charge is 0.245 e. The van der Waals surface area contributed by atoms with Crippen LogP contribution in [0.5, 0.6) is 11.6 Å². The minimum absolute atomic E-state index is 0.0224. The van der Waals surface area contributed by atoms with Gasteiger partial charge in [0.15, 0.2) is 5.82 Å². The first kappa shape index (κ1) is 13.9.